The minimum absolute atomic E-state index is 0.0128. The second-order valence-corrected chi connectivity index (χ2v) is 8.34. The van der Waals surface area contributed by atoms with Crippen LogP contribution in [0.15, 0.2) is 24.3 Å². The number of benzene rings is 1. The molecule has 0 saturated carbocycles. The number of rotatable bonds is 4. The summed E-state index contributed by atoms with van der Waals surface area (Å²) in [6, 6.07) is 7.38. The van der Waals surface area contributed by atoms with Gasteiger partial charge in [0.05, 0.1) is 18.7 Å². The molecule has 7 heteroatoms. The van der Waals surface area contributed by atoms with E-state index in [0.717, 1.165) is 45.2 Å². The molecule has 0 aromatic heterocycles. The zero-order chi connectivity index (χ0) is 21.4. The molecular weight excluding hydrogens is 384 g/mol. The van der Waals surface area contributed by atoms with Gasteiger partial charge < -0.3 is 24.0 Å². The van der Waals surface area contributed by atoms with E-state index in [-0.39, 0.29) is 23.8 Å². The maximum atomic E-state index is 13.2. The monoisotopic (exact) mass is 418 g/mol. The molecule has 1 aromatic carbocycles. The van der Waals surface area contributed by atoms with Gasteiger partial charge in [-0.05, 0) is 43.2 Å². The first kappa shape index (κ1) is 22.6. The number of methoxy groups -OCH3 is 2. The zero-order valence-electron chi connectivity index (χ0n) is 18.2. The molecule has 4 rings (SSSR count). The highest BCUT2D eigenvalue weighted by atomic mass is 16.5. The van der Waals surface area contributed by atoms with Crippen LogP contribution in [0.3, 0.4) is 0 Å². The van der Waals surface area contributed by atoms with Crippen molar-refractivity contribution in [2.75, 3.05) is 60.2 Å². The Bertz CT molecular complexity index is 715. The highest BCUT2D eigenvalue weighted by Crippen LogP contribution is 2.38. The second-order valence-electron chi connectivity index (χ2n) is 8.34. The van der Waals surface area contributed by atoms with Gasteiger partial charge in [0.15, 0.2) is 0 Å². The Morgan fingerprint density at radius 1 is 1.03 bits per heavy atom. The molecule has 0 unspecified atom stereocenters. The van der Waals surface area contributed by atoms with Crippen LogP contribution in [-0.2, 0) is 14.3 Å². The molecule has 0 aliphatic carbocycles. The van der Waals surface area contributed by atoms with Crippen molar-refractivity contribution in [3.63, 3.8) is 0 Å². The van der Waals surface area contributed by atoms with E-state index >= 15 is 0 Å². The Balaban J connectivity index is 1.82. The summed E-state index contributed by atoms with van der Waals surface area (Å²) in [6.07, 6.45) is 4.86. The van der Waals surface area contributed by atoms with Crippen LogP contribution in [0.1, 0.15) is 42.5 Å². The minimum atomic E-state index is -0.0339. The topological polar surface area (TPSA) is 68.3 Å². The molecule has 0 N–H and O–H groups in total. The lowest BCUT2D eigenvalue weighted by molar-refractivity contribution is -0.135. The summed E-state index contributed by atoms with van der Waals surface area (Å²) in [7, 11) is 3.28. The summed E-state index contributed by atoms with van der Waals surface area (Å²) in [6.45, 7) is 3.73. The molecule has 2 amide bonds. The van der Waals surface area contributed by atoms with E-state index in [1.165, 1.54) is 7.11 Å². The van der Waals surface area contributed by atoms with E-state index in [1.807, 2.05) is 29.2 Å². The van der Waals surface area contributed by atoms with Crippen LogP contribution >= 0.6 is 0 Å². The van der Waals surface area contributed by atoms with Crippen molar-refractivity contribution >= 4 is 11.8 Å². The predicted molar refractivity (Wildman–Crippen MR) is 114 cm³/mol. The average Bonchev–Trinajstić information content (AvgIpc) is 2.76. The molecule has 30 heavy (non-hydrogen) atoms. The van der Waals surface area contributed by atoms with Gasteiger partial charge >= 0.3 is 0 Å². The van der Waals surface area contributed by atoms with Crippen LogP contribution in [0.4, 0.5) is 0 Å². The average molecular weight is 419 g/mol. The van der Waals surface area contributed by atoms with Gasteiger partial charge in [-0.1, -0.05) is 18.6 Å². The Hall–Kier alpha value is -2.12. The second kappa shape index (κ2) is 10.8. The third-order valence-corrected chi connectivity index (χ3v) is 6.30. The summed E-state index contributed by atoms with van der Waals surface area (Å²) in [5, 5.41) is 0. The van der Waals surface area contributed by atoms with Crippen LogP contribution in [0, 0.1) is 5.41 Å². The van der Waals surface area contributed by atoms with Crippen LogP contribution in [-0.4, -0.2) is 81.8 Å². The first-order chi connectivity index (χ1) is 14.6. The number of carbonyl (C=O) groups excluding carboxylic acids is 2. The number of piperidine rings is 1. The Labute approximate surface area is 179 Å². The molecule has 1 aromatic rings. The fraction of sp³-hybridized carbons (Fsp3) is 0.652. The highest BCUT2D eigenvalue weighted by Gasteiger charge is 2.36. The van der Waals surface area contributed by atoms with E-state index in [0.29, 0.717) is 37.6 Å². The number of fused-ring (bicyclic) bond motifs is 9. The molecule has 2 bridgehead atoms. The minimum Gasteiger partial charge on any atom is -0.491 e. The lowest BCUT2D eigenvalue weighted by Crippen LogP contribution is -2.45. The third-order valence-electron chi connectivity index (χ3n) is 6.30. The molecule has 0 atom stereocenters. The van der Waals surface area contributed by atoms with E-state index < -0.39 is 0 Å². The van der Waals surface area contributed by atoms with Gasteiger partial charge in [-0.25, -0.2) is 0 Å². The maximum Gasteiger partial charge on any atom is 0.257 e. The summed E-state index contributed by atoms with van der Waals surface area (Å²) < 4.78 is 16.6. The van der Waals surface area contributed by atoms with Crippen molar-refractivity contribution in [2.24, 2.45) is 5.41 Å². The Kier molecular flexibility index (Phi) is 8.10. The Morgan fingerprint density at radius 2 is 1.80 bits per heavy atom. The lowest BCUT2D eigenvalue weighted by Gasteiger charge is -2.41. The van der Waals surface area contributed by atoms with Gasteiger partial charge in [0.1, 0.15) is 19.0 Å². The predicted octanol–water partition coefficient (Wildman–Crippen LogP) is 2.59. The normalized spacial score (nSPS) is 20.1. The molecule has 3 aliphatic rings. The fourth-order valence-electron chi connectivity index (χ4n) is 4.54. The van der Waals surface area contributed by atoms with E-state index in [9.17, 15) is 9.59 Å². The number of ether oxygens (including phenoxy) is 3. The number of para-hydroxylation sites is 1. The first-order valence-electron chi connectivity index (χ1n) is 10.9. The van der Waals surface area contributed by atoms with E-state index in [4.69, 9.17) is 14.2 Å². The van der Waals surface area contributed by atoms with Crippen LogP contribution < -0.4 is 4.74 Å². The fourth-order valence-corrected chi connectivity index (χ4v) is 4.54. The molecule has 3 heterocycles. The van der Waals surface area contributed by atoms with Gasteiger partial charge in [-0.15, -0.1) is 0 Å². The lowest BCUT2D eigenvalue weighted by atomic mass is 9.75. The number of nitrogens with zero attached hydrogens (tertiary/aromatic N) is 2. The van der Waals surface area contributed by atoms with Crippen molar-refractivity contribution in [2.45, 2.75) is 32.1 Å². The van der Waals surface area contributed by atoms with Crippen molar-refractivity contribution in [1.29, 1.82) is 0 Å². The summed E-state index contributed by atoms with van der Waals surface area (Å²) in [5.41, 5.74) is 0.685. The van der Waals surface area contributed by atoms with Crippen molar-refractivity contribution in [3.8, 4) is 5.75 Å². The molecule has 0 radical (unpaired) electrons. The van der Waals surface area contributed by atoms with Crippen molar-refractivity contribution < 1.29 is 23.8 Å². The van der Waals surface area contributed by atoms with E-state index in [1.54, 1.807) is 12.0 Å². The Morgan fingerprint density at radius 3 is 2.53 bits per heavy atom. The summed E-state index contributed by atoms with van der Waals surface area (Å²) in [4.78, 5) is 29.4. The van der Waals surface area contributed by atoms with Crippen molar-refractivity contribution in [1.82, 2.24) is 9.80 Å². The molecule has 0 spiro atoms. The number of carbonyl (C=O) groups is 2. The van der Waals surface area contributed by atoms with Gasteiger partial charge in [-0.2, -0.15) is 0 Å². The number of amides is 2. The molecular formula is C23H34N2O5. The van der Waals surface area contributed by atoms with Gasteiger partial charge in [0.2, 0.25) is 5.91 Å². The largest absolute Gasteiger partial charge is 0.491 e. The maximum absolute atomic E-state index is 13.2. The zero-order valence-corrected chi connectivity index (χ0v) is 18.2. The van der Waals surface area contributed by atoms with Crippen LogP contribution in [0.5, 0.6) is 5.75 Å². The highest BCUT2D eigenvalue weighted by molar-refractivity contribution is 5.97. The van der Waals surface area contributed by atoms with E-state index in [2.05, 4.69) is 0 Å². The molecule has 166 valence electrons. The van der Waals surface area contributed by atoms with Gasteiger partial charge in [-0.3, -0.25) is 9.59 Å². The number of hydrogen-bond acceptors (Lipinski definition) is 5. The molecule has 1 saturated heterocycles. The SMILES string of the molecule is COCC(=O)N1CCCCC2(COC)CCN(CC2)C(=O)c2ccccc2OCC1. The van der Waals surface area contributed by atoms with Gasteiger partial charge in [0.25, 0.3) is 5.91 Å². The quantitative estimate of drug-likeness (QED) is 0.752. The summed E-state index contributed by atoms with van der Waals surface area (Å²) >= 11 is 0. The number of hydrogen-bond donors (Lipinski definition) is 0. The van der Waals surface area contributed by atoms with Crippen LogP contribution in [0.2, 0.25) is 0 Å². The molecule has 3 aliphatic heterocycles. The first-order valence-corrected chi connectivity index (χ1v) is 10.9. The van der Waals surface area contributed by atoms with Crippen LogP contribution in [0.25, 0.3) is 0 Å². The van der Waals surface area contributed by atoms with Crippen molar-refractivity contribution in [3.05, 3.63) is 29.8 Å². The van der Waals surface area contributed by atoms with Gasteiger partial charge in [0, 0.05) is 33.9 Å². The third kappa shape index (κ3) is 5.52. The molecule has 7 nitrogen and oxygen atoms in total. The molecule has 1 fully saturated rings. The standard InChI is InChI=1S/C23H34N2O5/c1-28-17-21(26)24-12-6-5-9-23(18-29-2)10-13-25(14-11-23)22(27)19-7-3-4-8-20(19)30-16-15-24/h3-4,7-8H,5-6,9-18H2,1-2H3. The smallest absolute Gasteiger partial charge is 0.257 e. The summed E-state index contributed by atoms with van der Waals surface area (Å²) in [5.74, 6) is 0.553.